The molecular formula is C29H48F2O6. The van der Waals surface area contributed by atoms with Crippen molar-refractivity contribution < 1.29 is 38.1 Å². The van der Waals surface area contributed by atoms with Gasteiger partial charge in [0.05, 0.1) is 18.9 Å². The van der Waals surface area contributed by atoms with Gasteiger partial charge in [0.15, 0.2) is 29.1 Å². The summed E-state index contributed by atoms with van der Waals surface area (Å²) < 4.78 is 44.3. The number of Topliss-reactive ketones (excluding diaryl/α,β-unsaturated/α-hetero) is 1. The van der Waals surface area contributed by atoms with Crippen LogP contribution in [-0.2, 0) is 19.1 Å². The Morgan fingerprint density at radius 1 is 1.22 bits per heavy atom. The number of carbonyl (C=O) groups excluding carboxylic acids is 2. The molecule has 4 aliphatic rings. The summed E-state index contributed by atoms with van der Waals surface area (Å²) >= 11 is 0. The van der Waals surface area contributed by atoms with Crippen molar-refractivity contribution in [2.75, 3.05) is 13.3 Å². The number of fused-ring (bicyclic) bond motifs is 3. The number of ketones is 2. The van der Waals surface area contributed by atoms with Gasteiger partial charge in [0.1, 0.15) is 6.61 Å². The summed E-state index contributed by atoms with van der Waals surface area (Å²) in [5, 5.41) is 21.2. The molecule has 9 atom stereocenters. The Kier molecular flexibility index (Phi) is 10.3. The predicted molar refractivity (Wildman–Crippen MR) is 138 cm³/mol. The second kappa shape index (κ2) is 11.9. The molecule has 0 aromatic carbocycles. The normalized spacial score (nSPS) is 44.5. The third-order valence-corrected chi connectivity index (χ3v) is 9.56. The second-order valence-electron chi connectivity index (χ2n) is 10.9. The highest BCUT2D eigenvalue weighted by Crippen LogP contribution is 2.69. The number of aliphatic hydroxyl groups excluding tert-OH is 2. The maximum Gasteiger partial charge on any atom is 0.193 e. The minimum Gasteiger partial charge on any atom is -0.390 e. The molecule has 0 spiro atoms. The molecule has 0 radical (unpaired) electrons. The van der Waals surface area contributed by atoms with Crippen molar-refractivity contribution in [2.45, 2.75) is 124 Å². The number of allylic oxidation sites excluding steroid dienone is 2. The number of carbonyl (C=O) groups is 2. The Balaban J connectivity index is 0.00000115. The molecule has 1 saturated heterocycles. The van der Waals surface area contributed by atoms with Crippen LogP contribution < -0.4 is 0 Å². The Labute approximate surface area is 221 Å². The van der Waals surface area contributed by atoms with E-state index in [4.69, 9.17) is 9.47 Å². The van der Waals surface area contributed by atoms with E-state index in [-0.39, 0.29) is 31.5 Å². The van der Waals surface area contributed by atoms with Crippen molar-refractivity contribution in [1.29, 1.82) is 0 Å². The molecule has 2 saturated carbocycles. The van der Waals surface area contributed by atoms with Gasteiger partial charge >= 0.3 is 0 Å². The predicted octanol–water partition coefficient (Wildman–Crippen LogP) is 5.28. The third kappa shape index (κ3) is 4.44. The fourth-order valence-corrected chi connectivity index (χ4v) is 7.66. The van der Waals surface area contributed by atoms with Gasteiger partial charge in [-0.25, -0.2) is 4.39 Å². The highest BCUT2D eigenvalue weighted by Gasteiger charge is 2.78. The van der Waals surface area contributed by atoms with Crippen molar-refractivity contribution in [1.82, 2.24) is 0 Å². The number of aliphatic hydroxyl groups is 2. The summed E-state index contributed by atoms with van der Waals surface area (Å²) in [5.74, 6) is -2.55. The molecule has 9 unspecified atom stereocenters. The van der Waals surface area contributed by atoms with Crippen LogP contribution in [0.5, 0.6) is 0 Å². The molecule has 0 amide bonds. The smallest absolute Gasteiger partial charge is 0.193 e. The van der Waals surface area contributed by atoms with Gasteiger partial charge in [0.2, 0.25) is 0 Å². The van der Waals surface area contributed by atoms with Crippen LogP contribution in [0, 0.1) is 22.7 Å². The average molecular weight is 531 g/mol. The number of alkyl halides is 2. The molecule has 3 fully saturated rings. The summed E-state index contributed by atoms with van der Waals surface area (Å²) in [7, 11) is 0. The quantitative estimate of drug-likeness (QED) is 0.485. The Morgan fingerprint density at radius 3 is 2.35 bits per heavy atom. The Morgan fingerprint density at radius 2 is 1.84 bits per heavy atom. The fourth-order valence-electron chi connectivity index (χ4n) is 7.66. The Hall–Kier alpha value is -1.22. The van der Waals surface area contributed by atoms with Crippen molar-refractivity contribution in [2.24, 2.45) is 22.7 Å². The highest BCUT2D eigenvalue weighted by molar-refractivity contribution is 5.92. The van der Waals surface area contributed by atoms with Crippen molar-refractivity contribution in [3.63, 3.8) is 0 Å². The van der Waals surface area contributed by atoms with E-state index in [0.29, 0.717) is 12.0 Å². The molecule has 214 valence electrons. The lowest BCUT2D eigenvalue weighted by molar-refractivity contribution is -0.233. The van der Waals surface area contributed by atoms with Crippen LogP contribution in [0.2, 0.25) is 0 Å². The van der Waals surface area contributed by atoms with Gasteiger partial charge in [-0.05, 0) is 44.6 Å². The molecule has 0 aromatic heterocycles. The molecule has 6 nitrogen and oxygen atoms in total. The first kappa shape index (κ1) is 32.0. The zero-order chi connectivity index (χ0) is 28.4. The van der Waals surface area contributed by atoms with E-state index in [0.717, 1.165) is 6.42 Å². The summed E-state index contributed by atoms with van der Waals surface area (Å²) in [4.78, 5) is 25.1. The Bertz CT molecular complexity index is 863. The van der Waals surface area contributed by atoms with Crippen LogP contribution in [-0.4, -0.2) is 64.8 Å². The maximum atomic E-state index is 17.2. The van der Waals surface area contributed by atoms with Gasteiger partial charge in [-0.1, -0.05) is 60.5 Å². The molecule has 4 rings (SSSR count). The lowest BCUT2D eigenvalue weighted by atomic mass is 9.47. The van der Waals surface area contributed by atoms with Gasteiger partial charge in [-0.2, -0.15) is 0 Å². The maximum absolute atomic E-state index is 17.2. The molecule has 37 heavy (non-hydrogen) atoms. The summed E-state index contributed by atoms with van der Waals surface area (Å²) in [6, 6.07) is 0. The van der Waals surface area contributed by atoms with E-state index in [1.807, 2.05) is 34.6 Å². The van der Waals surface area contributed by atoms with Crippen molar-refractivity contribution in [3.05, 3.63) is 11.6 Å². The number of rotatable bonds is 6. The molecule has 0 bridgehead atoms. The monoisotopic (exact) mass is 530 g/mol. The molecule has 2 N–H and O–H groups in total. The molecule has 1 heterocycles. The van der Waals surface area contributed by atoms with E-state index >= 15 is 4.39 Å². The topological polar surface area (TPSA) is 93.1 Å². The largest absolute Gasteiger partial charge is 0.390 e. The first-order valence-corrected chi connectivity index (χ1v) is 14.1. The van der Waals surface area contributed by atoms with Crippen LogP contribution in [0.25, 0.3) is 0 Å². The number of ether oxygens (including phenoxy) is 2. The van der Waals surface area contributed by atoms with Crippen LogP contribution in [0.4, 0.5) is 8.78 Å². The van der Waals surface area contributed by atoms with Crippen LogP contribution in [0.15, 0.2) is 11.6 Å². The second-order valence-corrected chi connectivity index (χ2v) is 10.9. The number of hydrogen-bond donors (Lipinski definition) is 2. The van der Waals surface area contributed by atoms with Crippen LogP contribution in [0.3, 0.4) is 0 Å². The summed E-state index contributed by atoms with van der Waals surface area (Å²) in [5.41, 5.74) is -5.74. The van der Waals surface area contributed by atoms with Crippen molar-refractivity contribution >= 4 is 11.6 Å². The zero-order valence-corrected chi connectivity index (χ0v) is 23.9. The molecule has 0 aromatic rings. The summed E-state index contributed by atoms with van der Waals surface area (Å²) in [6.45, 7) is 13.2. The molecule has 3 aliphatic carbocycles. The van der Waals surface area contributed by atoms with Gasteiger partial charge in [0, 0.05) is 23.2 Å². The molecular weight excluding hydrogens is 482 g/mol. The van der Waals surface area contributed by atoms with Gasteiger partial charge in [0.25, 0.3) is 0 Å². The molecule has 1 aliphatic heterocycles. The van der Waals surface area contributed by atoms with Gasteiger partial charge in [-0.15, -0.1) is 0 Å². The van der Waals surface area contributed by atoms with Gasteiger partial charge < -0.3 is 19.7 Å². The van der Waals surface area contributed by atoms with E-state index in [9.17, 15) is 24.2 Å². The van der Waals surface area contributed by atoms with Gasteiger partial charge in [-0.3, -0.25) is 14.0 Å². The standard InChI is InChI=1S/C25H36F2O6.2C2H6/c1-5-6-21-32-20-10-16-17(12-26)24(27,22(3)8-7-15(29)9-14(22)2)18(30)11-23(16,4)25(20,33-21)19(31)13-28;2*1-2/h9,16-18,20-21,28,30H,5-8,10-13H2,1-4H3;2*1-2H3. The number of hydrogen-bond acceptors (Lipinski definition) is 6. The van der Waals surface area contributed by atoms with Crippen molar-refractivity contribution in [3.8, 4) is 0 Å². The highest BCUT2D eigenvalue weighted by atomic mass is 19.1. The van der Waals surface area contributed by atoms with E-state index in [1.54, 1.807) is 20.8 Å². The van der Waals surface area contributed by atoms with Crippen LogP contribution in [0.1, 0.15) is 93.9 Å². The third-order valence-electron chi connectivity index (χ3n) is 9.56. The minimum absolute atomic E-state index is 0.104. The SMILES string of the molecule is CC.CC.CCCC1OC2CC3C(CF)C(F)(C4(C)CCC(=O)C=C4C)C(O)CC3(C)C2(C(=O)CO)O1. The van der Waals surface area contributed by atoms with E-state index < -0.39 is 71.5 Å². The van der Waals surface area contributed by atoms with E-state index in [2.05, 4.69) is 0 Å². The summed E-state index contributed by atoms with van der Waals surface area (Å²) in [6.07, 6.45) is 0.120. The number of halogens is 2. The zero-order valence-electron chi connectivity index (χ0n) is 23.9. The lowest BCUT2D eigenvalue weighted by Gasteiger charge is -2.60. The molecule has 8 heteroatoms. The van der Waals surface area contributed by atoms with Crippen LogP contribution >= 0.6 is 0 Å². The van der Waals surface area contributed by atoms with E-state index in [1.165, 1.54) is 6.08 Å². The lowest BCUT2D eigenvalue weighted by Crippen LogP contribution is -2.69. The fraction of sp³-hybridized carbons (Fsp3) is 0.862. The first-order valence-electron chi connectivity index (χ1n) is 14.1. The minimum atomic E-state index is -2.34. The first-order chi connectivity index (χ1) is 17.5. The average Bonchev–Trinajstić information content (AvgIpc) is 3.36.